The second-order valence-corrected chi connectivity index (χ2v) is 11.0. The monoisotopic (exact) mass is 557 g/mol. The number of benzene rings is 2. The van der Waals surface area contributed by atoms with Gasteiger partial charge in [0, 0.05) is 63.5 Å². The minimum absolute atomic E-state index is 0.189. The topological polar surface area (TPSA) is 98.1 Å². The van der Waals surface area contributed by atoms with Crippen molar-refractivity contribution < 1.29 is 18.8 Å². The number of hydrogen-bond donors (Lipinski definition) is 2. The number of amides is 3. The fourth-order valence-electron chi connectivity index (χ4n) is 5.56. The molecule has 216 valence electrons. The maximum absolute atomic E-state index is 13.0. The number of carbonyl (C=O) groups excluding carboxylic acids is 3. The van der Waals surface area contributed by atoms with Gasteiger partial charge in [-0.2, -0.15) is 0 Å². The van der Waals surface area contributed by atoms with Crippen molar-refractivity contribution in [2.45, 2.75) is 40.0 Å². The Bertz CT molecular complexity index is 1420. The van der Waals surface area contributed by atoms with Gasteiger partial charge < -0.3 is 29.8 Å². The van der Waals surface area contributed by atoms with Gasteiger partial charge in [0.05, 0.1) is 11.4 Å². The third-order valence-corrected chi connectivity index (χ3v) is 7.86. The molecular weight excluding hydrogens is 518 g/mol. The molecule has 3 aromatic rings. The van der Waals surface area contributed by atoms with Crippen LogP contribution in [0.5, 0.6) is 0 Å². The highest BCUT2D eigenvalue weighted by Crippen LogP contribution is 2.31. The van der Waals surface area contributed by atoms with Gasteiger partial charge in [-0.05, 0) is 81.1 Å². The first-order valence-corrected chi connectivity index (χ1v) is 14.4. The smallest absolute Gasteiger partial charge is 0.291 e. The molecule has 0 saturated carbocycles. The average molecular weight is 558 g/mol. The first-order valence-electron chi connectivity index (χ1n) is 14.4. The standard InChI is InChI=1S/C32H39N5O4/c1-22-7-8-23(2)28(20-22)36-18-16-35(17-19-36)27-11-10-25(21-26(27)34-32(40)29-12-9-24(3)41-29)31(39)33-13-5-15-37-14-4-6-30(37)38/h7-12,20-21H,4-6,13-19H2,1-3H3,(H,33,39)(H,34,40). The predicted octanol–water partition coefficient (Wildman–Crippen LogP) is 4.53. The lowest BCUT2D eigenvalue weighted by atomic mass is 10.1. The van der Waals surface area contributed by atoms with E-state index in [-0.39, 0.29) is 23.5 Å². The highest BCUT2D eigenvalue weighted by molar-refractivity contribution is 6.05. The molecule has 2 aliphatic heterocycles. The van der Waals surface area contributed by atoms with Crippen LogP contribution in [0.4, 0.5) is 17.1 Å². The molecule has 2 aromatic carbocycles. The molecule has 41 heavy (non-hydrogen) atoms. The van der Waals surface area contributed by atoms with Crippen molar-refractivity contribution >= 4 is 34.8 Å². The highest BCUT2D eigenvalue weighted by Gasteiger charge is 2.23. The van der Waals surface area contributed by atoms with Crippen LogP contribution in [0.25, 0.3) is 0 Å². The summed E-state index contributed by atoms with van der Waals surface area (Å²) in [5.41, 5.74) is 5.65. The van der Waals surface area contributed by atoms with Crippen LogP contribution in [-0.2, 0) is 4.79 Å². The number of nitrogens with zero attached hydrogens (tertiary/aromatic N) is 3. The third kappa shape index (κ3) is 6.73. The molecule has 0 aliphatic carbocycles. The van der Waals surface area contributed by atoms with Gasteiger partial charge in [-0.3, -0.25) is 14.4 Å². The molecule has 0 bridgehead atoms. The van der Waals surface area contributed by atoms with E-state index in [1.54, 1.807) is 31.2 Å². The van der Waals surface area contributed by atoms with Gasteiger partial charge >= 0.3 is 0 Å². The second-order valence-electron chi connectivity index (χ2n) is 11.0. The normalized spacial score (nSPS) is 15.4. The van der Waals surface area contributed by atoms with E-state index in [0.717, 1.165) is 44.8 Å². The van der Waals surface area contributed by atoms with Crippen molar-refractivity contribution in [3.05, 3.63) is 76.7 Å². The fourth-order valence-corrected chi connectivity index (χ4v) is 5.56. The van der Waals surface area contributed by atoms with Crippen LogP contribution < -0.4 is 20.4 Å². The summed E-state index contributed by atoms with van der Waals surface area (Å²) in [6.45, 7) is 11.2. The predicted molar refractivity (Wildman–Crippen MR) is 161 cm³/mol. The zero-order chi connectivity index (χ0) is 28.9. The highest BCUT2D eigenvalue weighted by atomic mass is 16.3. The minimum Gasteiger partial charge on any atom is -0.456 e. The Hall–Kier alpha value is -4.27. The number of furan rings is 1. The number of likely N-dealkylation sites (tertiary alicyclic amines) is 1. The molecule has 9 nitrogen and oxygen atoms in total. The summed E-state index contributed by atoms with van der Waals surface area (Å²) in [7, 11) is 0. The first-order chi connectivity index (χ1) is 19.8. The lowest BCUT2D eigenvalue weighted by molar-refractivity contribution is -0.127. The Morgan fingerprint density at radius 1 is 0.854 bits per heavy atom. The Morgan fingerprint density at radius 3 is 2.29 bits per heavy atom. The van der Waals surface area contributed by atoms with Crippen LogP contribution in [-0.4, -0.2) is 68.4 Å². The van der Waals surface area contributed by atoms with E-state index in [1.165, 1.54) is 16.8 Å². The van der Waals surface area contributed by atoms with Gasteiger partial charge in [-0.1, -0.05) is 12.1 Å². The van der Waals surface area contributed by atoms with E-state index in [2.05, 4.69) is 52.5 Å². The molecule has 2 aliphatic rings. The third-order valence-electron chi connectivity index (χ3n) is 7.86. The van der Waals surface area contributed by atoms with Crippen LogP contribution in [0, 0.1) is 20.8 Å². The number of aryl methyl sites for hydroxylation is 3. The lowest BCUT2D eigenvalue weighted by Crippen LogP contribution is -2.47. The number of hydrogen-bond acceptors (Lipinski definition) is 6. The molecule has 0 spiro atoms. The van der Waals surface area contributed by atoms with E-state index in [1.807, 2.05) is 11.0 Å². The van der Waals surface area contributed by atoms with Crippen LogP contribution in [0.3, 0.4) is 0 Å². The molecule has 0 unspecified atom stereocenters. The Balaban J connectivity index is 1.29. The van der Waals surface area contributed by atoms with Crippen LogP contribution >= 0.6 is 0 Å². The van der Waals surface area contributed by atoms with E-state index >= 15 is 0 Å². The van der Waals surface area contributed by atoms with Crippen molar-refractivity contribution in [1.29, 1.82) is 0 Å². The molecule has 5 rings (SSSR count). The van der Waals surface area contributed by atoms with Crippen LogP contribution in [0.15, 0.2) is 52.9 Å². The Morgan fingerprint density at radius 2 is 1.61 bits per heavy atom. The van der Waals surface area contributed by atoms with Gasteiger partial charge in [-0.25, -0.2) is 0 Å². The van der Waals surface area contributed by atoms with Crippen molar-refractivity contribution in [3.63, 3.8) is 0 Å². The summed E-state index contributed by atoms with van der Waals surface area (Å²) < 4.78 is 5.54. The van der Waals surface area contributed by atoms with Crippen molar-refractivity contribution in [2.75, 3.05) is 60.9 Å². The van der Waals surface area contributed by atoms with Crippen molar-refractivity contribution in [2.24, 2.45) is 0 Å². The SMILES string of the molecule is Cc1ccc(C)c(N2CCN(c3ccc(C(=O)NCCCN4CCCC4=O)cc3NC(=O)c3ccc(C)o3)CC2)c1. The molecule has 3 heterocycles. The summed E-state index contributed by atoms with van der Waals surface area (Å²) in [6.07, 6.45) is 2.22. The summed E-state index contributed by atoms with van der Waals surface area (Å²) in [6, 6.07) is 15.4. The molecule has 0 atom stereocenters. The number of rotatable bonds is 9. The molecule has 9 heteroatoms. The molecule has 2 saturated heterocycles. The minimum atomic E-state index is -0.360. The maximum Gasteiger partial charge on any atom is 0.291 e. The lowest BCUT2D eigenvalue weighted by Gasteiger charge is -2.38. The number of carbonyl (C=O) groups is 3. The zero-order valence-corrected chi connectivity index (χ0v) is 24.2. The summed E-state index contributed by atoms with van der Waals surface area (Å²) in [5, 5.41) is 5.95. The maximum atomic E-state index is 13.0. The van der Waals surface area contributed by atoms with Crippen molar-refractivity contribution in [3.8, 4) is 0 Å². The zero-order valence-electron chi connectivity index (χ0n) is 24.2. The average Bonchev–Trinajstić information content (AvgIpc) is 3.60. The van der Waals surface area contributed by atoms with Crippen molar-refractivity contribution in [1.82, 2.24) is 10.2 Å². The first kappa shape index (κ1) is 28.3. The summed E-state index contributed by atoms with van der Waals surface area (Å²) in [4.78, 5) is 44.4. The van der Waals surface area contributed by atoms with Gasteiger partial charge in [0.25, 0.3) is 11.8 Å². The van der Waals surface area contributed by atoms with Gasteiger partial charge in [0.2, 0.25) is 5.91 Å². The van der Waals surface area contributed by atoms with E-state index < -0.39 is 0 Å². The summed E-state index contributed by atoms with van der Waals surface area (Å²) in [5.74, 6) is 0.490. The molecule has 2 N–H and O–H groups in total. The van der Waals surface area contributed by atoms with Gasteiger partial charge in [0.15, 0.2) is 5.76 Å². The van der Waals surface area contributed by atoms with E-state index in [9.17, 15) is 14.4 Å². The second kappa shape index (κ2) is 12.5. The van der Waals surface area contributed by atoms with E-state index in [4.69, 9.17) is 4.42 Å². The van der Waals surface area contributed by atoms with Crippen LogP contribution in [0.2, 0.25) is 0 Å². The Labute approximate surface area is 241 Å². The molecule has 3 amide bonds. The molecule has 2 fully saturated rings. The molecular formula is C32H39N5O4. The molecule has 1 aromatic heterocycles. The number of nitrogens with one attached hydrogen (secondary N) is 2. The Kier molecular flexibility index (Phi) is 8.61. The molecule has 0 radical (unpaired) electrons. The van der Waals surface area contributed by atoms with Crippen LogP contribution in [0.1, 0.15) is 57.1 Å². The van der Waals surface area contributed by atoms with Gasteiger partial charge in [-0.15, -0.1) is 0 Å². The summed E-state index contributed by atoms with van der Waals surface area (Å²) >= 11 is 0. The number of anilines is 3. The quantitative estimate of drug-likeness (QED) is 0.376. The fraction of sp³-hybridized carbons (Fsp3) is 0.406. The van der Waals surface area contributed by atoms with E-state index in [0.29, 0.717) is 42.9 Å². The number of piperazine rings is 1. The van der Waals surface area contributed by atoms with Gasteiger partial charge in [0.1, 0.15) is 5.76 Å². The largest absolute Gasteiger partial charge is 0.456 e.